The Bertz CT molecular complexity index is 358. The molecule has 4 heteroatoms. The summed E-state index contributed by atoms with van der Waals surface area (Å²) in [5, 5.41) is 1.28. The Labute approximate surface area is 108 Å². The second-order valence-corrected chi connectivity index (χ2v) is 5.81. The molecule has 1 heterocycles. The van der Waals surface area contributed by atoms with E-state index in [4.69, 9.17) is 10.7 Å². The first kappa shape index (κ1) is 13.0. The molecule has 1 aromatic rings. The second-order valence-electron chi connectivity index (χ2n) is 4.69. The van der Waals surface area contributed by atoms with Gasteiger partial charge in [-0.15, -0.1) is 11.3 Å². The van der Waals surface area contributed by atoms with Gasteiger partial charge in [0.2, 0.25) is 0 Å². The number of rotatable bonds is 5. The number of thiazole rings is 1. The minimum atomic E-state index is 0.249. The maximum absolute atomic E-state index is 6.13. The lowest BCUT2D eigenvalue weighted by molar-refractivity contribution is 0.308. The van der Waals surface area contributed by atoms with Crippen LogP contribution in [-0.2, 0) is 12.8 Å². The third kappa shape index (κ3) is 3.06. The van der Waals surface area contributed by atoms with E-state index in [-0.39, 0.29) is 6.04 Å². The van der Waals surface area contributed by atoms with E-state index in [1.165, 1.54) is 22.0 Å². The van der Waals surface area contributed by atoms with E-state index >= 15 is 0 Å². The largest absolute Gasteiger partial charge is 0.323 e. The molecule has 1 aliphatic rings. The number of nitrogens with two attached hydrogens (primary N) is 1. The molecular formula is C13H23N3S. The maximum Gasteiger partial charge on any atom is 0.0944 e. The van der Waals surface area contributed by atoms with Gasteiger partial charge in [-0.3, -0.25) is 0 Å². The van der Waals surface area contributed by atoms with Crippen molar-refractivity contribution in [2.75, 3.05) is 19.6 Å². The summed E-state index contributed by atoms with van der Waals surface area (Å²) in [5.74, 6) is 0. The number of hydrogen-bond acceptors (Lipinski definition) is 4. The predicted octanol–water partition coefficient (Wildman–Crippen LogP) is 2.36. The van der Waals surface area contributed by atoms with Crippen molar-refractivity contribution in [2.45, 2.75) is 45.6 Å². The third-order valence-corrected chi connectivity index (χ3v) is 4.86. The van der Waals surface area contributed by atoms with Crippen LogP contribution in [0.4, 0.5) is 0 Å². The van der Waals surface area contributed by atoms with Gasteiger partial charge in [0, 0.05) is 23.9 Å². The Hall–Kier alpha value is -0.450. The highest BCUT2D eigenvalue weighted by Gasteiger charge is 2.21. The molecule has 1 atom stereocenters. The number of aryl methyl sites for hydroxylation is 1. The van der Waals surface area contributed by atoms with Crippen molar-refractivity contribution in [1.29, 1.82) is 0 Å². The third-order valence-electron chi connectivity index (χ3n) is 3.57. The normalized spacial score (nSPS) is 19.6. The maximum atomic E-state index is 6.13. The van der Waals surface area contributed by atoms with E-state index < -0.39 is 0 Å². The van der Waals surface area contributed by atoms with Gasteiger partial charge >= 0.3 is 0 Å². The molecule has 1 aliphatic carbocycles. The Morgan fingerprint density at radius 2 is 2.18 bits per heavy atom. The number of nitrogens with zero attached hydrogens (tertiary/aromatic N) is 2. The molecule has 0 radical (unpaired) electrons. The van der Waals surface area contributed by atoms with E-state index in [9.17, 15) is 0 Å². The van der Waals surface area contributed by atoms with E-state index in [1.807, 2.05) is 11.3 Å². The summed E-state index contributed by atoms with van der Waals surface area (Å²) in [6.45, 7) is 7.80. The van der Waals surface area contributed by atoms with Gasteiger partial charge in [0.1, 0.15) is 0 Å². The Kier molecular flexibility index (Phi) is 4.54. The first-order chi connectivity index (χ1) is 8.24. The lowest BCUT2D eigenvalue weighted by atomic mass is 9.99. The topological polar surface area (TPSA) is 42.2 Å². The van der Waals surface area contributed by atoms with E-state index in [0.717, 1.165) is 38.9 Å². The number of likely N-dealkylation sites (N-methyl/N-ethyl adjacent to an activating group) is 1. The quantitative estimate of drug-likeness (QED) is 0.876. The van der Waals surface area contributed by atoms with Crippen molar-refractivity contribution in [1.82, 2.24) is 9.88 Å². The number of fused-ring (bicyclic) bond motifs is 1. The van der Waals surface area contributed by atoms with Crippen LogP contribution in [0.5, 0.6) is 0 Å². The molecule has 0 saturated heterocycles. The van der Waals surface area contributed by atoms with E-state index in [1.54, 1.807) is 0 Å². The molecule has 0 amide bonds. The van der Waals surface area contributed by atoms with Crippen LogP contribution < -0.4 is 5.73 Å². The average molecular weight is 253 g/mol. The standard InChI is InChI=1S/C13H23N3S/c1-3-16(4-2)9-8-12-15-11-7-5-6-10(14)13(11)17-12/h10H,3-9,14H2,1-2H3. The van der Waals surface area contributed by atoms with Crippen LogP contribution in [0.15, 0.2) is 0 Å². The van der Waals surface area contributed by atoms with Gasteiger partial charge in [0.15, 0.2) is 0 Å². The van der Waals surface area contributed by atoms with Crippen LogP contribution in [0.1, 0.15) is 48.3 Å². The van der Waals surface area contributed by atoms with Crippen LogP contribution in [0.2, 0.25) is 0 Å². The molecule has 17 heavy (non-hydrogen) atoms. The summed E-state index contributed by atoms with van der Waals surface area (Å²) in [4.78, 5) is 8.55. The first-order valence-corrected chi connectivity index (χ1v) is 7.52. The van der Waals surface area contributed by atoms with Gasteiger partial charge in [-0.25, -0.2) is 4.98 Å². The summed E-state index contributed by atoms with van der Waals surface area (Å²) in [6, 6.07) is 0.249. The molecular weight excluding hydrogens is 230 g/mol. The van der Waals surface area contributed by atoms with Gasteiger partial charge in [-0.1, -0.05) is 13.8 Å². The van der Waals surface area contributed by atoms with Crippen molar-refractivity contribution in [3.8, 4) is 0 Å². The van der Waals surface area contributed by atoms with Crippen molar-refractivity contribution >= 4 is 11.3 Å². The Morgan fingerprint density at radius 1 is 1.41 bits per heavy atom. The van der Waals surface area contributed by atoms with Gasteiger partial charge < -0.3 is 10.6 Å². The van der Waals surface area contributed by atoms with Crippen LogP contribution in [0.3, 0.4) is 0 Å². The molecule has 0 bridgehead atoms. The lowest BCUT2D eigenvalue weighted by Crippen LogP contribution is -2.25. The smallest absolute Gasteiger partial charge is 0.0944 e. The summed E-state index contributed by atoms with van der Waals surface area (Å²) in [6.07, 6.45) is 4.54. The molecule has 0 aliphatic heterocycles. The second kappa shape index (κ2) is 5.94. The fourth-order valence-electron chi connectivity index (χ4n) is 2.40. The molecule has 0 saturated carbocycles. The zero-order chi connectivity index (χ0) is 12.3. The molecule has 1 unspecified atom stereocenters. The molecule has 1 aromatic heterocycles. The van der Waals surface area contributed by atoms with E-state index in [2.05, 4.69) is 18.7 Å². The Balaban J connectivity index is 1.98. The Morgan fingerprint density at radius 3 is 2.82 bits per heavy atom. The molecule has 96 valence electrons. The predicted molar refractivity (Wildman–Crippen MR) is 73.5 cm³/mol. The van der Waals surface area contributed by atoms with Gasteiger partial charge in [-0.05, 0) is 32.4 Å². The van der Waals surface area contributed by atoms with Crippen LogP contribution in [0.25, 0.3) is 0 Å². The van der Waals surface area contributed by atoms with Crippen LogP contribution >= 0.6 is 11.3 Å². The van der Waals surface area contributed by atoms with Crippen molar-refractivity contribution in [2.24, 2.45) is 5.73 Å². The SMILES string of the molecule is CCN(CC)CCc1nc2c(s1)C(N)CCC2. The highest BCUT2D eigenvalue weighted by Crippen LogP contribution is 2.32. The zero-order valence-corrected chi connectivity index (χ0v) is 11.7. The highest BCUT2D eigenvalue weighted by molar-refractivity contribution is 7.11. The average Bonchev–Trinajstić information content (AvgIpc) is 2.75. The first-order valence-electron chi connectivity index (χ1n) is 6.71. The highest BCUT2D eigenvalue weighted by atomic mass is 32.1. The summed E-state index contributed by atoms with van der Waals surface area (Å²) < 4.78 is 0. The molecule has 2 N–H and O–H groups in total. The van der Waals surface area contributed by atoms with Gasteiger partial charge in [0.25, 0.3) is 0 Å². The van der Waals surface area contributed by atoms with E-state index in [0.29, 0.717) is 0 Å². The summed E-state index contributed by atoms with van der Waals surface area (Å²) >= 11 is 1.84. The van der Waals surface area contributed by atoms with Gasteiger partial charge in [0.05, 0.1) is 10.7 Å². The lowest BCUT2D eigenvalue weighted by Gasteiger charge is -2.16. The summed E-state index contributed by atoms with van der Waals surface area (Å²) in [7, 11) is 0. The van der Waals surface area contributed by atoms with Gasteiger partial charge in [-0.2, -0.15) is 0 Å². The molecule has 3 nitrogen and oxygen atoms in total. The molecule has 0 aromatic carbocycles. The number of hydrogen-bond donors (Lipinski definition) is 1. The summed E-state index contributed by atoms with van der Waals surface area (Å²) in [5.41, 5.74) is 7.41. The van der Waals surface area contributed by atoms with Crippen LogP contribution in [-0.4, -0.2) is 29.5 Å². The fourth-order valence-corrected chi connectivity index (χ4v) is 3.54. The van der Waals surface area contributed by atoms with Crippen molar-refractivity contribution in [3.63, 3.8) is 0 Å². The van der Waals surface area contributed by atoms with Crippen LogP contribution in [0, 0.1) is 0 Å². The number of aromatic nitrogens is 1. The zero-order valence-electron chi connectivity index (χ0n) is 10.9. The minimum absolute atomic E-state index is 0.249. The molecule has 0 spiro atoms. The monoisotopic (exact) mass is 253 g/mol. The van der Waals surface area contributed by atoms with Crippen molar-refractivity contribution in [3.05, 3.63) is 15.6 Å². The minimum Gasteiger partial charge on any atom is -0.323 e. The fraction of sp³-hybridized carbons (Fsp3) is 0.769. The molecule has 0 fully saturated rings. The molecule has 2 rings (SSSR count). The van der Waals surface area contributed by atoms with Crippen molar-refractivity contribution < 1.29 is 0 Å².